The molecule has 21 heavy (non-hydrogen) atoms. The van der Waals surface area contributed by atoms with Gasteiger partial charge < -0.3 is 4.74 Å². The fraction of sp³-hybridized carbons (Fsp3) is 0.188. The van der Waals surface area contributed by atoms with Crippen LogP contribution in [0.3, 0.4) is 0 Å². The summed E-state index contributed by atoms with van der Waals surface area (Å²) in [4.78, 5) is 16.3. The van der Waals surface area contributed by atoms with Crippen LogP contribution in [0.15, 0.2) is 42.7 Å². The number of aryl methyl sites for hydroxylation is 1. The molecular weight excluding hydrogens is 266 g/mol. The normalized spacial score (nSPS) is 10.8. The van der Waals surface area contributed by atoms with Crippen LogP contribution in [0.4, 0.5) is 0 Å². The standard InChI is InChI=1S/C16H15N3O2/c1-3-21-16(20)13-5-4-8-17-15(13)19-14-7-6-11(2)9-12(14)10-18-19/h4-10H,3H2,1-2H3. The van der Waals surface area contributed by atoms with E-state index in [2.05, 4.69) is 10.1 Å². The molecule has 0 spiro atoms. The molecule has 0 N–H and O–H groups in total. The van der Waals surface area contributed by atoms with Crippen LogP contribution in [0.5, 0.6) is 0 Å². The van der Waals surface area contributed by atoms with Crippen molar-refractivity contribution in [2.24, 2.45) is 0 Å². The van der Waals surface area contributed by atoms with Crippen LogP contribution in [0.25, 0.3) is 16.7 Å². The van der Waals surface area contributed by atoms with Crippen LogP contribution in [-0.4, -0.2) is 27.3 Å². The summed E-state index contributed by atoms with van der Waals surface area (Å²) in [5.41, 5.74) is 2.48. The van der Waals surface area contributed by atoms with Gasteiger partial charge in [0, 0.05) is 11.6 Å². The second kappa shape index (κ2) is 5.36. The second-order valence-electron chi connectivity index (χ2n) is 4.71. The highest BCUT2D eigenvalue weighted by Gasteiger charge is 2.16. The van der Waals surface area contributed by atoms with Crippen molar-refractivity contribution in [1.29, 1.82) is 0 Å². The van der Waals surface area contributed by atoms with Crippen molar-refractivity contribution in [3.8, 4) is 5.82 Å². The van der Waals surface area contributed by atoms with E-state index in [0.29, 0.717) is 18.0 Å². The molecule has 1 aromatic carbocycles. The van der Waals surface area contributed by atoms with E-state index in [4.69, 9.17) is 4.74 Å². The second-order valence-corrected chi connectivity index (χ2v) is 4.71. The molecule has 3 aromatic rings. The third-order valence-corrected chi connectivity index (χ3v) is 3.21. The van der Waals surface area contributed by atoms with E-state index in [1.807, 2.05) is 25.1 Å². The molecule has 0 bridgehead atoms. The van der Waals surface area contributed by atoms with Gasteiger partial charge in [0.25, 0.3) is 0 Å². The third-order valence-electron chi connectivity index (χ3n) is 3.21. The number of hydrogen-bond acceptors (Lipinski definition) is 4. The number of nitrogens with zero attached hydrogens (tertiary/aromatic N) is 3. The highest BCUT2D eigenvalue weighted by molar-refractivity contribution is 5.93. The van der Waals surface area contributed by atoms with Crippen LogP contribution in [-0.2, 0) is 4.74 Å². The van der Waals surface area contributed by atoms with E-state index < -0.39 is 5.97 Å². The summed E-state index contributed by atoms with van der Waals surface area (Å²) in [5, 5.41) is 5.37. The molecule has 2 aromatic heterocycles. The maximum atomic E-state index is 12.0. The van der Waals surface area contributed by atoms with Crippen LogP contribution >= 0.6 is 0 Å². The Morgan fingerprint density at radius 1 is 1.33 bits per heavy atom. The first kappa shape index (κ1) is 13.3. The topological polar surface area (TPSA) is 57.0 Å². The molecule has 106 valence electrons. The smallest absolute Gasteiger partial charge is 0.341 e. The zero-order valence-electron chi connectivity index (χ0n) is 11.9. The van der Waals surface area contributed by atoms with Crippen molar-refractivity contribution in [3.05, 3.63) is 53.9 Å². The molecule has 0 fully saturated rings. The van der Waals surface area contributed by atoms with Gasteiger partial charge in [-0.1, -0.05) is 11.6 Å². The van der Waals surface area contributed by atoms with Crippen molar-refractivity contribution >= 4 is 16.9 Å². The predicted octanol–water partition coefficient (Wildman–Crippen LogP) is 2.91. The largest absolute Gasteiger partial charge is 0.462 e. The number of ether oxygens (including phenoxy) is 1. The number of carbonyl (C=O) groups is 1. The number of esters is 1. The zero-order valence-corrected chi connectivity index (χ0v) is 11.9. The number of rotatable bonds is 3. The average Bonchev–Trinajstić information content (AvgIpc) is 2.90. The highest BCUT2D eigenvalue weighted by atomic mass is 16.5. The Kier molecular flexibility index (Phi) is 3.39. The Bertz CT molecular complexity index is 808. The lowest BCUT2D eigenvalue weighted by Gasteiger charge is -2.08. The van der Waals surface area contributed by atoms with Gasteiger partial charge in [0.1, 0.15) is 5.56 Å². The van der Waals surface area contributed by atoms with Crippen LogP contribution in [0.1, 0.15) is 22.8 Å². The van der Waals surface area contributed by atoms with Crippen molar-refractivity contribution in [2.75, 3.05) is 6.61 Å². The minimum atomic E-state index is -0.392. The Morgan fingerprint density at radius 2 is 2.19 bits per heavy atom. The maximum absolute atomic E-state index is 12.0. The summed E-state index contributed by atoms with van der Waals surface area (Å²) in [6, 6.07) is 9.44. The number of pyridine rings is 1. The van der Waals surface area contributed by atoms with Gasteiger partial charge in [-0.3, -0.25) is 0 Å². The monoisotopic (exact) mass is 281 g/mol. The lowest BCUT2D eigenvalue weighted by atomic mass is 10.2. The molecule has 0 aliphatic heterocycles. The third kappa shape index (κ3) is 2.38. The SMILES string of the molecule is CCOC(=O)c1cccnc1-n1ncc2cc(C)ccc21. The van der Waals surface area contributed by atoms with Gasteiger partial charge in [0.15, 0.2) is 5.82 Å². The fourth-order valence-corrected chi connectivity index (χ4v) is 2.26. The Hall–Kier alpha value is -2.69. The highest BCUT2D eigenvalue weighted by Crippen LogP contribution is 2.20. The van der Waals surface area contributed by atoms with Gasteiger partial charge in [-0.25, -0.2) is 14.5 Å². The molecule has 3 rings (SSSR count). The van der Waals surface area contributed by atoms with Gasteiger partial charge in [0.05, 0.1) is 18.3 Å². The summed E-state index contributed by atoms with van der Waals surface area (Å²) in [5.74, 6) is 0.0890. The molecule has 0 aliphatic rings. The molecular formula is C16H15N3O2. The predicted molar refractivity (Wildman–Crippen MR) is 79.6 cm³/mol. The minimum Gasteiger partial charge on any atom is -0.462 e. The molecule has 5 heteroatoms. The summed E-state index contributed by atoms with van der Waals surface area (Å²) < 4.78 is 6.75. The van der Waals surface area contributed by atoms with Crippen molar-refractivity contribution in [2.45, 2.75) is 13.8 Å². The zero-order chi connectivity index (χ0) is 14.8. The van der Waals surface area contributed by atoms with E-state index in [1.54, 1.807) is 36.1 Å². The van der Waals surface area contributed by atoms with E-state index >= 15 is 0 Å². The van der Waals surface area contributed by atoms with Crippen LogP contribution in [0, 0.1) is 6.92 Å². The molecule has 0 radical (unpaired) electrons. The Balaban J connectivity index is 2.17. The van der Waals surface area contributed by atoms with Crippen LogP contribution in [0.2, 0.25) is 0 Å². The number of fused-ring (bicyclic) bond motifs is 1. The fourth-order valence-electron chi connectivity index (χ4n) is 2.26. The molecule has 0 saturated carbocycles. The lowest BCUT2D eigenvalue weighted by molar-refractivity contribution is 0.0526. The van der Waals surface area contributed by atoms with Crippen LogP contribution < -0.4 is 0 Å². The van der Waals surface area contributed by atoms with Crippen molar-refractivity contribution in [1.82, 2.24) is 14.8 Å². The first-order valence-electron chi connectivity index (χ1n) is 6.77. The maximum Gasteiger partial charge on any atom is 0.341 e. The molecule has 2 heterocycles. The molecule has 0 unspecified atom stereocenters. The first-order chi connectivity index (χ1) is 10.2. The summed E-state index contributed by atoms with van der Waals surface area (Å²) in [6.07, 6.45) is 3.41. The average molecular weight is 281 g/mol. The van der Waals surface area contributed by atoms with Gasteiger partial charge in [0.2, 0.25) is 0 Å². The Morgan fingerprint density at radius 3 is 3.00 bits per heavy atom. The number of carbonyl (C=O) groups excluding carboxylic acids is 1. The Labute approximate surface area is 122 Å². The van der Waals surface area contributed by atoms with Gasteiger partial charge in [-0.2, -0.15) is 5.10 Å². The van der Waals surface area contributed by atoms with Gasteiger partial charge in [-0.05, 0) is 38.1 Å². The van der Waals surface area contributed by atoms with Gasteiger partial charge in [-0.15, -0.1) is 0 Å². The molecule has 0 amide bonds. The van der Waals surface area contributed by atoms with E-state index in [0.717, 1.165) is 16.5 Å². The quantitative estimate of drug-likeness (QED) is 0.693. The summed E-state index contributed by atoms with van der Waals surface area (Å²) >= 11 is 0. The first-order valence-corrected chi connectivity index (χ1v) is 6.77. The summed E-state index contributed by atoms with van der Waals surface area (Å²) in [7, 11) is 0. The lowest BCUT2D eigenvalue weighted by Crippen LogP contribution is -2.11. The molecule has 0 atom stereocenters. The van der Waals surface area contributed by atoms with Crippen molar-refractivity contribution < 1.29 is 9.53 Å². The molecule has 0 saturated heterocycles. The van der Waals surface area contributed by atoms with E-state index in [1.165, 1.54) is 0 Å². The van der Waals surface area contributed by atoms with Gasteiger partial charge >= 0.3 is 5.97 Å². The summed E-state index contributed by atoms with van der Waals surface area (Å²) in [6.45, 7) is 4.13. The number of aromatic nitrogens is 3. The molecule has 5 nitrogen and oxygen atoms in total. The number of hydrogen-bond donors (Lipinski definition) is 0. The van der Waals surface area contributed by atoms with Crippen molar-refractivity contribution in [3.63, 3.8) is 0 Å². The molecule has 0 aliphatic carbocycles. The number of benzene rings is 1. The van der Waals surface area contributed by atoms with E-state index in [-0.39, 0.29) is 0 Å². The minimum absolute atomic E-state index is 0.326. The van der Waals surface area contributed by atoms with E-state index in [9.17, 15) is 4.79 Å².